The van der Waals surface area contributed by atoms with Crippen molar-refractivity contribution in [3.8, 4) is 5.75 Å². The molecule has 0 aliphatic carbocycles. The molecule has 8 heteroatoms. The average Bonchev–Trinajstić information content (AvgIpc) is 3.26. The molecule has 0 bridgehead atoms. The summed E-state index contributed by atoms with van der Waals surface area (Å²) < 4.78 is 7.65. The molecule has 41 heavy (non-hydrogen) atoms. The molecule has 3 aromatic carbocycles. The van der Waals surface area contributed by atoms with Gasteiger partial charge in [-0.2, -0.15) is 0 Å². The van der Waals surface area contributed by atoms with Gasteiger partial charge >= 0.3 is 263 Å². The van der Waals surface area contributed by atoms with Gasteiger partial charge in [0.2, 0.25) is 0 Å². The van der Waals surface area contributed by atoms with Crippen molar-refractivity contribution >= 4 is 56.0 Å². The predicted molar refractivity (Wildman–Crippen MR) is 179 cm³/mol. The minimum atomic E-state index is -3.99. The Kier molecular flexibility index (Phi) is 9.66. The normalized spacial score (nSPS) is 14.2. The summed E-state index contributed by atoms with van der Waals surface area (Å²) >= 11 is 3.38. The van der Waals surface area contributed by atoms with Gasteiger partial charge in [-0.3, -0.25) is 0 Å². The molecule has 1 saturated heterocycles. The maximum absolute atomic E-state index is 7.68. The second-order valence-electron chi connectivity index (χ2n) is 11.5. The Hall–Kier alpha value is -1.91. The summed E-state index contributed by atoms with van der Waals surface area (Å²) in [6.45, 7) is 18.4. The minimum absolute atomic E-state index is 0.0380. The second kappa shape index (κ2) is 12.4. The molecule has 0 unspecified atom stereocenters. The summed E-state index contributed by atoms with van der Waals surface area (Å²) in [5.41, 5.74) is 11.3. The Bertz CT molecular complexity index is 1500. The quantitative estimate of drug-likeness (QED) is 0.239. The van der Waals surface area contributed by atoms with Crippen molar-refractivity contribution in [3.05, 3.63) is 81.4 Å². The molecule has 224 valence electrons. The van der Waals surface area contributed by atoms with Gasteiger partial charge in [0.15, 0.2) is 0 Å². The zero-order valence-electron chi connectivity index (χ0n) is 25.8. The van der Waals surface area contributed by atoms with Gasteiger partial charge in [-0.05, 0) is 0 Å². The molecule has 0 N–H and O–H groups in total. The fourth-order valence-electron chi connectivity index (χ4n) is 5.84. The van der Waals surface area contributed by atoms with E-state index in [9.17, 15) is 0 Å². The molecule has 3 aromatic rings. The van der Waals surface area contributed by atoms with Crippen LogP contribution in [0, 0.1) is 41.5 Å². The van der Waals surface area contributed by atoms with Gasteiger partial charge in [0.1, 0.15) is 0 Å². The van der Waals surface area contributed by atoms with E-state index in [2.05, 4.69) is 75.6 Å². The van der Waals surface area contributed by atoms with E-state index in [4.69, 9.17) is 35.7 Å². The first-order valence-corrected chi connectivity index (χ1v) is 20.4. The van der Waals surface area contributed by atoms with Crippen molar-refractivity contribution in [2.45, 2.75) is 61.5 Å². The van der Waals surface area contributed by atoms with Crippen molar-refractivity contribution < 1.29 is 16.6 Å². The molecule has 1 fully saturated rings. The van der Waals surface area contributed by atoms with E-state index >= 15 is 0 Å². The van der Waals surface area contributed by atoms with E-state index in [1.54, 1.807) is 0 Å². The number of hydrogen-bond donors (Lipinski definition) is 0. The van der Waals surface area contributed by atoms with Crippen molar-refractivity contribution in [2.75, 3.05) is 41.9 Å². The van der Waals surface area contributed by atoms with E-state index < -0.39 is 11.9 Å². The third-order valence-electron chi connectivity index (χ3n) is 7.22. The van der Waals surface area contributed by atoms with Crippen LogP contribution in [-0.2, 0) is 11.9 Å². The Labute approximate surface area is 261 Å². The summed E-state index contributed by atoms with van der Waals surface area (Å²) in [5.74, 6) is 0.685. The first kappa shape index (κ1) is 32.0. The molecule has 0 atom stereocenters. The van der Waals surface area contributed by atoms with Gasteiger partial charge in [0.05, 0.1) is 0 Å². The van der Waals surface area contributed by atoms with Crippen LogP contribution in [0.4, 0.5) is 17.1 Å². The molecular formula is C33H42Cl3N3ORu. The van der Waals surface area contributed by atoms with Gasteiger partial charge in [-0.1, -0.05) is 0 Å². The van der Waals surface area contributed by atoms with Crippen molar-refractivity contribution in [1.82, 2.24) is 0 Å². The van der Waals surface area contributed by atoms with E-state index in [0.717, 1.165) is 40.1 Å². The fourth-order valence-corrected chi connectivity index (χ4v) is 12.2. The first-order chi connectivity index (χ1) is 19.1. The van der Waals surface area contributed by atoms with Crippen LogP contribution < -0.4 is 19.4 Å². The molecule has 0 radical (unpaired) electrons. The van der Waals surface area contributed by atoms with Gasteiger partial charge in [0.25, 0.3) is 0 Å². The standard InChI is InChI=1S/C21H26N2.C12H16ClNO.2ClH.Ru/c1-14-9-16(3)20(17(4)10-14)22-7-8-23(13-22)21-18(5)11-15(2)12-19(21)6;1-9(2)15-12-7-11(14(3)4)6-5-10(12)8-13;;;/h9-12H,7-8H2,1-6H3;5-7,9H,1-4H3;2*1H;/q;;;;+2/p-2. The molecule has 4 nitrogen and oxygen atoms in total. The van der Waals surface area contributed by atoms with Crippen LogP contribution in [0.5, 0.6) is 5.75 Å². The Balaban J connectivity index is 2.11. The summed E-state index contributed by atoms with van der Waals surface area (Å²) in [7, 11) is 19.4. The average molecular weight is 704 g/mol. The van der Waals surface area contributed by atoms with E-state index in [1.165, 1.54) is 33.4 Å². The third-order valence-corrected chi connectivity index (χ3v) is 15.8. The monoisotopic (exact) mass is 703 g/mol. The topological polar surface area (TPSA) is 19.0 Å². The molecular weight excluding hydrogens is 662 g/mol. The number of ether oxygens (including phenoxy) is 1. The van der Waals surface area contributed by atoms with E-state index in [1.807, 2.05) is 51.0 Å². The second-order valence-corrected chi connectivity index (χ2v) is 21.5. The van der Waals surface area contributed by atoms with Crippen LogP contribution in [0.25, 0.3) is 0 Å². The predicted octanol–water partition coefficient (Wildman–Crippen LogP) is 8.68. The zero-order valence-corrected chi connectivity index (χ0v) is 29.8. The van der Waals surface area contributed by atoms with Crippen LogP contribution in [0.3, 0.4) is 0 Å². The molecule has 0 spiro atoms. The Morgan fingerprint density at radius 2 is 1.22 bits per heavy atom. The fraction of sp³-hybridized carbons (Fsp3) is 0.394. The number of hydrogen-bond acceptors (Lipinski definition) is 4. The van der Waals surface area contributed by atoms with E-state index in [0.29, 0.717) is 9.32 Å². The van der Waals surface area contributed by atoms with Crippen molar-refractivity contribution in [2.24, 2.45) is 0 Å². The number of aryl methyl sites for hydroxylation is 6. The molecule has 1 aliphatic rings. The number of rotatable bonds is 6. The number of benzene rings is 3. The molecule has 1 heterocycles. The Morgan fingerprint density at radius 3 is 1.61 bits per heavy atom. The van der Waals surface area contributed by atoms with Crippen molar-refractivity contribution in [3.63, 3.8) is 0 Å². The van der Waals surface area contributed by atoms with Gasteiger partial charge in [0, 0.05) is 0 Å². The molecule has 0 amide bonds. The number of nitrogens with zero attached hydrogens (tertiary/aromatic N) is 3. The molecule has 0 saturated carbocycles. The van der Waals surface area contributed by atoms with E-state index in [-0.39, 0.29) is 6.10 Å². The molecule has 4 rings (SSSR count). The molecule has 1 aliphatic heterocycles. The summed E-state index contributed by atoms with van der Waals surface area (Å²) in [6, 6.07) is 14.9. The first-order valence-electron chi connectivity index (χ1n) is 13.8. The van der Waals surface area contributed by atoms with Gasteiger partial charge in [-0.25, -0.2) is 0 Å². The van der Waals surface area contributed by atoms with Crippen LogP contribution in [-0.4, -0.2) is 41.2 Å². The van der Waals surface area contributed by atoms with Crippen LogP contribution >= 0.6 is 31.0 Å². The van der Waals surface area contributed by atoms with Gasteiger partial charge < -0.3 is 0 Å². The van der Waals surface area contributed by atoms with Crippen LogP contribution in [0.15, 0.2) is 42.5 Å². The number of halogens is 3. The third kappa shape index (κ3) is 6.39. The summed E-state index contributed by atoms with van der Waals surface area (Å²) in [5, 5.41) is 0. The van der Waals surface area contributed by atoms with Crippen LogP contribution in [0.1, 0.15) is 52.8 Å². The summed E-state index contributed by atoms with van der Waals surface area (Å²) in [6.07, 6.45) is -0.0380. The summed E-state index contributed by atoms with van der Waals surface area (Å²) in [4.78, 5) is 6.70. The molecule has 0 aromatic heterocycles. The van der Waals surface area contributed by atoms with Crippen LogP contribution in [0.2, 0.25) is 0 Å². The van der Waals surface area contributed by atoms with Gasteiger partial charge in [-0.15, -0.1) is 0 Å². The number of anilines is 3. The van der Waals surface area contributed by atoms with Crippen molar-refractivity contribution in [1.29, 1.82) is 0 Å². The Morgan fingerprint density at radius 1 is 0.780 bits per heavy atom. The zero-order chi connectivity index (χ0) is 30.4. The maximum atomic E-state index is 7.68. The SMILES string of the molecule is Cc1cc(C)c(N2CCN(c3c(C)cc(C)cc3C)[C]2=[Ru]([Cl])([Cl])=[C](Cl)c2ccc(N(C)C)cc2OC(C)C)c(C)c1.